The molecule has 1 aliphatic rings. The maximum Gasteiger partial charge on any atom is 0.0409 e. The molecule has 2 rings (SSSR count). The van der Waals surface area contributed by atoms with Gasteiger partial charge in [-0.2, -0.15) is 11.8 Å². The summed E-state index contributed by atoms with van der Waals surface area (Å²) in [7, 11) is 2.03. The second-order valence-electron chi connectivity index (χ2n) is 6.07. The highest BCUT2D eigenvalue weighted by atomic mass is 35.5. The van der Waals surface area contributed by atoms with Crippen molar-refractivity contribution >= 4 is 23.4 Å². The van der Waals surface area contributed by atoms with Crippen molar-refractivity contribution in [1.82, 2.24) is 10.2 Å². The van der Waals surface area contributed by atoms with Gasteiger partial charge < -0.3 is 10.2 Å². The van der Waals surface area contributed by atoms with Gasteiger partial charge in [-0.25, -0.2) is 0 Å². The Morgan fingerprint density at radius 2 is 2.25 bits per heavy atom. The van der Waals surface area contributed by atoms with E-state index in [1.54, 1.807) is 0 Å². The van der Waals surface area contributed by atoms with Crippen LogP contribution in [0.15, 0.2) is 24.3 Å². The van der Waals surface area contributed by atoms with Crippen molar-refractivity contribution in [3.8, 4) is 0 Å². The molecule has 20 heavy (non-hydrogen) atoms. The lowest BCUT2D eigenvalue weighted by Gasteiger charge is -2.38. The number of hydrogen-bond acceptors (Lipinski definition) is 3. The monoisotopic (exact) mass is 312 g/mol. The highest BCUT2D eigenvalue weighted by Gasteiger charge is 2.27. The molecule has 0 radical (unpaired) electrons. The molecule has 1 heterocycles. The molecule has 1 fully saturated rings. The standard InChI is InChI=1S/C16H25ClN2S/c1-16(2)12-19(9-10-20-16)8-7-15(18-3)13-5-4-6-14(17)11-13/h4-6,11,15,18H,7-10,12H2,1-3H3. The van der Waals surface area contributed by atoms with Crippen LogP contribution in [0, 0.1) is 0 Å². The highest BCUT2D eigenvalue weighted by molar-refractivity contribution is 8.00. The van der Waals surface area contributed by atoms with Crippen LogP contribution in [-0.4, -0.2) is 42.1 Å². The summed E-state index contributed by atoms with van der Waals surface area (Å²) in [6.45, 7) is 8.22. The molecule has 0 aromatic heterocycles. The van der Waals surface area contributed by atoms with Crippen molar-refractivity contribution in [3.05, 3.63) is 34.9 Å². The number of rotatable bonds is 5. The molecule has 0 saturated carbocycles. The Kier molecular flexibility index (Phi) is 5.79. The van der Waals surface area contributed by atoms with Crippen molar-refractivity contribution in [2.45, 2.75) is 31.1 Å². The lowest BCUT2D eigenvalue weighted by Crippen LogP contribution is -2.44. The third-order valence-electron chi connectivity index (χ3n) is 3.84. The second-order valence-corrected chi connectivity index (χ2v) is 8.31. The zero-order chi connectivity index (χ0) is 14.6. The van der Waals surface area contributed by atoms with Gasteiger partial charge in [0.25, 0.3) is 0 Å². The largest absolute Gasteiger partial charge is 0.313 e. The SMILES string of the molecule is CNC(CCN1CCSC(C)(C)C1)c1cccc(Cl)c1. The van der Waals surface area contributed by atoms with Gasteiger partial charge >= 0.3 is 0 Å². The van der Waals surface area contributed by atoms with Crippen LogP contribution in [0.2, 0.25) is 5.02 Å². The van der Waals surface area contributed by atoms with Gasteiger partial charge in [-0.3, -0.25) is 0 Å². The lowest BCUT2D eigenvalue weighted by molar-refractivity contribution is 0.247. The number of nitrogens with zero attached hydrogens (tertiary/aromatic N) is 1. The summed E-state index contributed by atoms with van der Waals surface area (Å²) in [6, 6.07) is 8.57. The van der Waals surface area contributed by atoms with Crippen LogP contribution in [0.4, 0.5) is 0 Å². The Morgan fingerprint density at radius 3 is 2.90 bits per heavy atom. The van der Waals surface area contributed by atoms with Crippen molar-refractivity contribution in [1.29, 1.82) is 0 Å². The van der Waals surface area contributed by atoms with E-state index in [2.05, 4.69) is 48.0 Å². The fourth-order valence-electron chi connectivity index (χ4n) is 2.82. The Hall–Kier alpha value is -0.220. The summed E-state index contributed by atoms with van der Waals surface area (Å²) < 4.78 is 0.392. The molecule has 1 N–H and O–H groups in total. The summed E-state index contributed by atoms with van der Waals surface area (Å²) in [5.41, 5.74) is 1.28. The van der Waals surface area contributed by atoms with Crippen LogP contribution in [0.1, 0.15) is 31.9 Å². The summed E-state index contributed by atoms with van der Waals surface area (Å²) in [4.78, 5) is 2.59. The van der Waals surface area contributed by atoms with E-state index in [-0.39, 0.29) is 0 Å². The van der Waals surface area contributed by atoms with E-state index in [9.17, 15) is 0 Å². The Labute approximate surface area is 132 Å². The molecular formula is C16H25ClN2S. The van der Waals surface area contributed by atoms with Gasteiger partial charge in [0.05, 0.1) is 0 Å². The van der Waals surface area contributed by atoms with E-state index in [4.69, 9.17) is 11.6 Å². The first-order valence-electron chi connectivity index (χ1n) is 7.29. The van der Waals surface area contributed by atoms with E-state index in [0.717, 1.165) is 18.0 Å². The van der Waals surface area contributed by atoms with E-state index >= 15 is 0 Å². The smallest absolute Gasteiger partial charge is 0.0409 e. The molecule has 0 spiro atoms. The van der Waals surface area contributed by atoms with Gasteiger partial charge in [-0.05, 0) is 45.0 Å². The van der Waals surface area contributed by atoms with E-state index in [1.807, 2.05) is 19.2 Å². The summed E-state index contributed by atoms with van der Waals surface area (Å²) in [5.74, 6) is 1.24. The molecule has 112 valence electrons. The zero-order valence-electron chi connectivity index (χ0n) is 12.7. The Balaban J connectivity index is 1.91. The molecule has 1 unspecified atom stereocenters. The van der Waals surface area contributed by atoms with Gasteiger partial charge in [-0.1, -0.05) is 23.7 Å². The van der Waals surface area contributed by atoms with Gasteiger partial charge in [0.2, 0.25) is 0 Å². The maximum atomic E-state index is 6.09. The Bertz CT molecular complexity index is 436. The first-order valence-corrected chi connectivity index (χ1v) is 8.65. The maximum absolute atomic E-state index is 6.09. The van der Waals surface area contributed by atoms with Crippen LogP contribution < -0.4 is 5.32 Å². The van der Waals surface area contributed by atoms with Crippen molar-refractivity contribution in [2.24, 2.45) is 0 Å². The molecule has 1 aromatic rings. The minimum atomic E-state index is 0.381. The predicted molar refractivity (Wildman–Crippen MR) is 90.8 cm³/mol. The van der Waals surface area contributed by atoms with Crippen LogP contribution in [-0.2, 0) is 0 Å². The Morgan fingerprint density at radius 1 is 1.45 bits per heavy atom. The summed E-state index contributed by atoms with van der Waals surface area (Å²) in [5, 5.41) is 4.23. The van der Waals surface area contributed by atoms with Gasteiger partial charge in [0.1, 0.15) is 0 Å². The van der Waals surface area contributed by atoms with E-state index < -0.39 is 0 Å². The second kappa shape index (κ2) is 7.17. The van der Waals surface area contributed by atoms with Crippen molar-refractivity contribution in [2.75, 3.05) is 32.4 Å². The highest BCUT2D eigenvalue weighted by Crippen LogP contribution is 2.30. The number of nitrogens with one attached hydrogen (secondary N) is 1. The number of hydrogen-bond donors (Lipinski definition) is 1. The first-order chi connectivity index (χ1) is 9.50. The molecule has 0 aliphatic carbocycles. The van der Waals surface area contributed by atoms with Gasteiger partial charge in [0.15, 0.2) is 0 Å². The minimum absolute atomic E-state index is 0.381. The van der Waals surface area contributed by atoms with E-state index in [1.165, 1.54) is 24.4 Å². The summed E-state index contributed by atoms with van der Waals surface area (Å²) >= 11 is 8.18. The van der Waals surface area contributed by atoms with Crippen LogP contribution >= 0.6 is 23.4 Å². The van der Waals surface area contributed by atoms with Crippen molar-refractivity contribution in [3.63, 3.8) is 0 Å². The zero-order valence-corrected chi connectivity index (χ0v) is 14.2. The first kappa shape index (κ1) is 16.2. The normalized spacial score (nSPS) is 20.8. The molecule has 2 nitrogen and oxygen atoms in total. The molecule has 4 heteroatoms. The van der Waals surface area contributed by atoms with Gasteiger partial charge in [0, 0.05) is 41.2 Å². The number of thioether (sulfide) groups is 1. The quantitative estimate of drug-likeness (QED) is 0.890. The van der Waals surface area contributed by atoms with Crippen LogP contribution in [0.25, 0.3) is 0 Å². The number of benzene rings is 1. The van der Waals surface area contributed by atoms with Crippen LogP contribution in [0.5, 0.6) is 0 Å². The molecular weight excluding hydrogens is 288 g/mol. The molecule has 1 atom stereocenters. The fraction of sp³-hybridized carbons (Fsp3) is 0.625. The third-order valence-corrected chi connectivity index (χ3v) is 5.37. The topological polar surface area (TPSA) is 15.3 Å². The van der Waals surface area contributed by atoms with Gasteiger partial charge in [-0.15, -0.1) is 0 Å². The molecule has 0 bridgehead atoms. The summed E-state index contributed by atoms with van der Waals surface area (Å²) in [6.07, 6.45) is 1.12. The third kappa shape index (κ3) is 4.66. The molecule has 1 aromatic carbocycles. The van der Waals surface area contributed by atoms with Crippen molar-refractivity contribution < 1.29 is 0 Å². The van der Waals surface area contributed by atoms with E-state index in [0.29, 0.717) is 10.8 Å². The molecule has 1 aliphatic heterocycles. The fourth-order valence-corrected chi connectivity index (χ4v) is 4.19. The molecule has 0 amide bonds. The molecule has 1 saturated heterocycles. The predicted octanol–water partition coefficient (Wildman–Crippen LogP) is 3.82. The minimum Gasteiger partial charge on any atom is -0.313 e. The van der Waals surface area contributed by atoms with Crippen LogP contribution in [0.3, 0.4) is 0 Å². The average molecular weight is 313 g/mol. The number of halogens is 1. The lowest BCUT2D eigenvalue weighted by atomic mass is 10.0. The average Bonchev–Trinajstić information content (AvgIpc) is 2.38.